The third-order valence-corrected chi connectivity index (χ3v) is 5.04. The van der Waals surface area contributed by atoms with Crippen molar-refractivity contribution in [2.75, 3.05) is 13.1 Å². The van der Waals surface area contributed by atoms with Crippen molar-refractivity contribution in [2.45, 2.75) is 26.3 Å². The van der Waals surface area contributed by atoms with Crippen LogP contribution in [0.5, 0.6) is 0 Å². The number of amides is 1. The molecular formula is C18H20ClN5O. The lowest BCUT2D eigenvalue weighted by Gasteiger charge is -2.32. The highest BCUT2D eigenvalue weighted by molar-refractivity contribution is 6.30. The Labute approximate surface area is 151 Å². The average molecular weight is 358 g/mol. The number of pyridine rings is 1. The van der Waals surface area contributed by atoms with Gasteiger partial charge in [-0.15, -0.1) is 0 Å². The quantitative estimate of drug-likeness (QED) is 0.724. The second-order valence-corrected chi connectivity index (χ2v) is 7.06. The normalized spacial score (nSPS) is 18.0. The number of piperidine rings is 1. The maximum absolute atomic E-state index is 12.9. The Bertz CT molecular complexity index is 915. The van der Waals surface area contributed by atoms with Gasteiger partial charge < -0.3 is 13.9 Å². The summed E-state index contributed by atoms with van der Waals surface area (Å²) in [4.78, 5) is 23.5. The molecule has 0 aliphatic carbocycles. The molecule has 1 atom stereocenters. The van der Waals surface area contributed by atoms with E-state index in [1.807, 2.05) is 30.3 Å². The number of rotatable bonds is 3. The van der Waals surface area contributed by atoms with Gasteiger partial charge in [0.25, 0.3) is 5.91 Å². The third kappa shape index (κ3) is 3.26. The molecule has 1 aliphatic rings. The van der Waals surface area contributed by atoms with Gasteiger partial charge in [0.2, 0.25) is 0 Å². The molecule has 25 heavy (non-hydrogen) atoms. The summed E-state index contributed by atoms with van der Waals surface area (Å²) in [7, 11) is 0. The standard InChI is InChI=1S/C18H20ClN5O/c1-13-20-6-8-22(13)9-14-3-2-7-23(10-14)18(25)16-12-24-11-15(19)4-5-17(24)21-16/h4-6,8,11-12,14H,2-3,7,9-10H2,1H3/t14-/m0/s1. The third-order valence-electron chi connectivity index (χ3n) is 4.82. The smallest absolute Gasteiger partial charge is 0.274 e. The summed E-state index contributed by atoms with van der Waals surface area (Å²) in [6.45, 7) is 4.45. The summed E-state index contributed by atoms with van der Waals surface area (Å²) >= 11 is 6.00. The predicted molar refractivity (Wildman–Crippen MR) is 95.8 cm³/mol. The zero-order chi connectivity index (χ0) is 17.4. The molecule has 0 aromatic carbocycles. The molecule has 0 N–H and O–H groups in total. The van der Waals surface area contributed by atoms with Gasteiger partial charge in [0.1, 0.15) is 17.2 Å². The van der Waals surface area contributed by atoms with Crippen molar-refractivity contribution >= 4 is 23.2 Å². The number of halogens is 1. The molecule has 3 aromatic rings. The molecule has 6 nitrogen and oxygen atoms in total. The zero-order valence-electron chi connectivity index (χ0n) is 14.1. The number of nitrogens with zero attached hydrogens (tertiary/aromatic N) is 5. The largest absolute Gasteiger partial charge is 0.337 e. The van der Waals surface area contributed by atoms with Gasteiger partial charge in [-0.1, -0.05) is 11.6 Å². The van der Waals surface area contributed by atoms with E-state index in [4.69, 9.17) is 11.6 Å². The molecule has 1 aliphatic heterocycles. The first kappa shape index (κ1) is 16.1. The maximum atomic E-state index is 12.9. The van der Waals surface area contributed by atoms with Crippen molar-refractivity contribution in [1.82, 2.24) is 23.8 Å². The fourth-order valence-electron chi connectivity index (χ4n) is 3.50. The minimum atomic E-state index is -0.00752. The van der Waals surface area contributed by atoms with E-state index in [2.05, 4.69) is 14.5 Å². The van der Waals surface area contributed by atoms with Crippen molar-refractivity contribution in [3.63, 3.8) is 0 Å². The predicted octanol–water partition coefficient (Wildman–Crippen LogP) is 3.05. The molecule has 130 valence electrons. The number of imidazole rings is 2. The van der Waals surface area contributed by atoms with Crippen LogP contribution >= 0.6 is 11.6 Å². The molecule has 4 heterocycles. The van der Waals surface area contributed by atoms with E-state index in [-0.39, 0.29) is 5.91 Å². The lowest BCUT2D eigenvalue weighted by molar-refractivity contribution is 0.0657. The fraction of sp³-hybridized carbons (Fsp3) is 0.389. The van der Waals surface area contributed by atoms with Crippen molar-refractivity contribution in [2.24, 2.45) is 5.92 Å². The number of likely N-dealkylation sites (tertiary alicyclic amines) is 1. The van der Waals surface area contributed by atoms with Crippen LogP contribution in [0.4, 0.5) is 0 Å². The average Bonchev–Trinajstić information content (AvgIpc) is 3.20. The van der Waals surface area contributed by atoms with Crippen molar-refractivity contribution in [3.05, 3.63) is 53.5 Å². The van der Waals surface area contributed by atoms with Crippen LogP contribution in [0.15, 0.2) is 36.9 Å². The molecule has 4 rings (SSSR count). The second kappa shape index (κ2) is 6.52. The topological polar surface area (TPSA) is 55.4 Å². The Kier molecular flexibility index (Phi) is 4.21. The van der Waals surface area contributed by atoms with E-state index in [1.165, 1.54) is 0 Å². The highest BCUT2D eigenvalue weighted by Crippen LogP contribution is 2.21. The molecule has 0 saturated carbocycles. The number of aryl methyl sites for hydroxylation is 1. The summed E-state index contributed by atoms with van der Waals surface area (Å²) < 4.78 is 3.96. The molecule has 7 heteroatoms. The number of hydrogen-bond acceptors (Lipinski definition) is 3. The highest BCUT2D eigenvalue weighted by Gasteiger charge is 2.26. The van der Waals surface area contributed by atoms with Gasteiger partial charge in [0, 0.05) is 44.4 Å². The summed E-state index contributed by atoms with van der Waals surface area (Å²) in [5.41, 5.74) is 1.21. The van der Waals surface area contributed by atoms with Crippen LogP contribution < -0.4 is 0 Å². The minimum absolute atomic E-state index is 0.00752. The van der Waals surface area contributed by atoms with Gasteiger partial charge >= 0.3 is 0 Å². The molecule has 0 radical (unpaired) electrons. The molecule has 0 bridgehead atoms. The zero-order valence-corrected chi connectivity index (χ0v) is 14.9. The van der Waals surface area contributed by atoms with Crippen LogP contribution in [0.25, 0.3) is 5.65 Å². The van der Waals surface area contributed by atoms with E-state index in [1.54, 1.807) is 22.9 Å². The van der Waals surface area contributed by atoms with E-state index in [9.17, 15) is 4.79 Å². The molecule has 0 unspecified atom stereocenters. The lowest BCUT2D eigenvalue weighted by atomic mass is 9.97. The van der Waals surface area contributed by atoms with Crippen LogP contribution in [0, 0.1) is 12.8 Å². The second-order valence-electron chi connectivity index (χ2n) is 6.63. The van der Waals surface area contributed by atoms with E-state index in [0.29, 0.717) is 16.6 Å². The van der Waals surface area contributed by atoms with Gasteiger partial charge in [-0.25, -0.2) is 9.97 Å². The minimum Gasteiger partial charge on any atom is -0.337 e. The van der Waals surface area contributed by atoms with Crippen LogP contribution in [0.2, 0.25) is 5.02 Å². The van der Waals surface area contributed by atoms with E-state index in [0.717, 1.165) is 43.9 Å². The monoisotopic (exact) mass is 357 g/mol. The number of carbonyl (C=O) groups is 1. The van der Waals surface area contributed by atoms with E-state index >= 15 is 0 Å². The van der Waals surface area contributed by atoms with Crippen LogP contribution in [0.1, 0.15) is 29.2 Å². The lowest BCUT2D eigenvalue weighted by Crippen LogP contribution is -2.41. The maximum Gasteiger partial charge on any atom is 0.274 e. The number of carbonyl (C=O) groups excluding carboxylic acids is 1. The van der Waals surface area contributed by atoms with Gasteiger partial charge in [0.15, 0.2) is 0 Å². The molecule has 1 saturated heterocycles. The first-order chi connectivity index (χ1) is 12.1. The Morgan fingerprint density at radius 1 is 1.36 bits per heavy atom. The SMILES string of the molecule is Cc1nccn1C[C@@H]1CCCN(C(=O)c2cn3cc(Cl)ccc3n2)C1. The van der Waals surface area contributed by atoms with Gasteiger partial charge in [-0.3, -0.25) is 4.79 Å². The number of aromatic nitrogens is 4. The van der Waals surface area contributed by atoms with Crippen molar-refractivity contribution in [1.29, 1.82) is 0 Å². The summed E-state index contributed by atoms with van der Waals surface area (Å²) in [5.74, 6) is 1.45. The fourth-order valence-corrected chi connectivity index (χ4v) is 3.67. The number of fused-ring (bicyclic) bond motifs is 1. The summed E-state index contributed by atoms with van der Waals surface area (Å²) in [6.07, 6.45) is 9.49. The van der Waals surface area contributed by atoms with Gasteiger partial charge in [-0.2, -0.15) is 0 Å². The Morgan fingerprint density at radius 3 is 3.04 bits per heavy atom. The Morgan fingerprint density at radius 2 is 2.24 bits per heavy atom. The highest BCUT2D eigenvalue weighted by atomic mass is 35.5. The Hall–Kier alpha value is -2.34. The Balaban J connectivity index is 1.49. The van der Waals surface area contributed by atoms with Crippen LogP contribution in [-0.4, -0.2) is 42.8 Å². The molecular weight excluding hydrogens is 338 g/mol. The van der Waals surface area contributed by atoms with Crippen molar-refractivity contribution < 1.29 is 4.79 Å². The van der Waals surface area contributed by atoms with E-state index < -0.39 is 0 Å². The van der Waals surface area contributed by atoms with Gasteiger partial charge in [0.05, 0.1) is 5.02 Å². The molecule has 3 aromatic heterocycles. The van der Waals surface area contributed by atoms with Crippen LogP contribution in [0.3, 0.4) is 0 Å². The molecule has 1 fully saturated rings. The number of hydrogen-bond donors (Lipinski definition) is 0. The summed E-state index contributed by atoms with van der Waals surface area (Å²) in [6, 6.07) is 3.60. The van der Waals surface area contributed by atoms with Crippen molar-refractivity contribution in [3.8, 4) is 0 Å². The molecule has 1 amide bonds. The van der Waals surface area contributed by atoms with Crippen LogP contribution in [-0.2, 0) is 6.54 Å². The first-order valence-electron chi connectivity index (χ1n) is 8.51. The summed E-state index contributed by atoms with van der Waals surface area (Å²) in [5, 5.41) is 0.623. The van der Waals surface area contributed by atoms with Gasteiger partial charge in [-0.05, 0) is 37.8 Å². The first-order valence-corrected chi connectivity index (χ1v) is 8.89. The molecule has 0 spiro atoms.